The van der Waals surface area contributed by atoms with Gasteiger partial charge in [0, 0.05) is 31.3 Å². The third-order valence-electron chi connectivity index (χ3n) is 5.17. The van der Waals surface area contributed by atoms with Gasteiger partial charge in [0.15, 0.2) is 0 Å². The van der Waals surface area contributed by atoms with Crippen LogP contribution in [0.3, 0.4) is 0 Å². The van der Waals surface area contributed by atoms with Gasteiger partial charge in [0.1, 0.15) is 6.04 Å². The normalized spacial score (nSPS) is 11.3. The Balaban J connectivity index is 0.000000199. The zero-order valence-electron chi connectivity index (χ0n) is 19.3. The van der Waals surface area contributed by atoms with Gasteiger partial charge in [-0.05, 0) is 0 Å². The van der Waals surface area contributed by atoms with E-state index in [9.17, 15) is 9.59 Å². The Labute approximate surface area is 212 Å². The van der Waals surface area contributed by atoms with Crippen molar-refractivity contribution in [1.82, 2.24) is 15.3 Å². The molecule has 1 heterocycles. The number of benzene rings is 3. The van der Waals surface area contributed by atoms with Crippen molar-refractivity contribution in [3.8, 4) is 0 Å². The van der Waals surface area contributed by atoms with Crippen LogP contribution in [-0.4, -0.2) is 59.3 Å². The van der Waals surface area contributed by atoms with Gasteiger partial charge in [0.2, 0.25) is 5.91 Å². The molecule has 0 fully saturated rings. The molecule has 7 nitrogen and oxygen atoms in total. The number of aromatic nitrogens is 2. The second-order valence-electron chi connectivity index (χ2n) is 7.75. The summed E-state index contributed by atoms with van der Waals surface area (Å²) in [4.78, 5) is 28.6. The Morgan fingerprint density at radius 3 is 1.74 bits per heavy atom. The van der Waals surface area contributed by atoms with E-state index in [0.717, 1.165) is 0 Å². The quantitative estimate of drug-likeness (QED) is 0.223. The van der Waals surface area contributed by atoms with Crippen molar-refractivity contribution in [3.63, 3.8) is 0 Å². The SMILES string of the molecule is NCCC(=O)N[C@H](Cc1cnc[nH]1)C(=O)O.c1cc[c]([Sn]([c]2ccccc2)[c]2ccccc2)cc1. The molecule has 1 atom stereocenters. The number of nitrogens with zero attached hydrogens (tertiary/aromatic N) is 1. The first-order valence-electron chi connectivity index (χ1n) is 11.3. The Kier molecular flexibility index (Phi) is 10.5. The summed E-state index contributed by atoms with van der Waals surface area (Å²) in [5.74, 6) is -1.45. The van der Waals surface area contributed by atoms with Gasteiger partial charge in [0.25, 0.3) is 0 Å². The van der Waals surface area contributed by atoms with E-state index in [4.69, 9.17) is 10.8 Å². The number of carbonyl (C=O) groups is 2. The number of nitrogens with one attached hydrogen (secondary N) is 2. The molecule has 0 saturated carbocycles. The predicted octanol–water partition coefficient (Wildman–Crippen LogP) is 1.07. The van der Waals surface area contributed by atoms with Gasteiger partial charge >= 0.3 is 127 Å². The second kappa shape index (κ2) is 14.1. The van der Waals surface area contributed by atoms with E-state index in [0.29, 0.717) is 5.69 Å². The van der Waals surface area contributed by atoms with Gasteiger partial charge in [-0.3, -0.25) is 4.79 Å². The van der Waals surface area contributed by atoms with Crippen LogP contribution in [0.2, 0.25) is 0 Å². The van der Waals surface area contributed by atoms with Crippen LogP contribution in [0.5, 0.6) is 0 Å². The molecule has 4 rings (SSSR count). The van der Waals surface area contributed by atoms with Gasteiger partial charge in [0.05, 0.1) is 6.33 Å². The Hall–Kier alpha value is -3.43. The summed E-state index contributed by atoms with van der Waals surface area (Å²) in [6.45, 7) is 0.197. The Morgan fingerprint density at radius 1 is 0.886 bits per heavy atom. The minimum absolute atomic E-state index is 0.118. The summed E-state index contributed by atoms with van der Waals surface area (Å²) >= 11 is -1.98. The molecule has 4 aromatic rings. The van der Waals surface area contributed by atoms with Crippen molar-refractivity contribution >= 4 is 42.4 Å². The van der Waals surface area contributed by atoms with E-state index in [-0.39, 0.29) is 25.3 Å². The number of nitrogens with two attached hydrogens (primary N) is 1. The number of imidazole rings is 1. The molecular formula is C27H29N4O3Sn. The number of rotatable bonds is 9. The average Bonchev–Trinajstić information content (AvgIpc) is 3.40. The Morgan fingerprint density at radius 2 is 1.37 bits per heavy atom. The standard InChI is InChI=1S/C9H14N4O3.3C6H5.Sn/c10-2-1-8(14)13-7(9(15)16)3-6-4-11-5-12-6;3*1-2-4-6-5-3-1;/h4-5,7H,1-3,10H2,(H,11,12)(H,13,14)(H,15,16);3*1-5H;/t7-;;;;/m1..../s1. The maximum absolute atomic E-state index is 11.2. The first-order chi connectivity index (χ1) is 17.1. The molecule has 0 unspecified atom stereocenters. The molecular weight excluding hydrogens is 547 g/mol. The number of carboxylic acid groups (broad SMARTS) is 1. The van der Waals surface area contributed by atoms with Crippen LogP contribution in [0.1, 0.15) is 12.1 Å². The monoisotopic (exact) mass is 577 g/mol. The molecule has 179 valence electrons. The third-order valence-corrected chi connectivity index (χ3v) is 13.0. The predicted molar refractivity (Wildman–Crippen MR) is 140 cm³/mol. The van der Waals surface area contributed by atoms with Gasteiger partial charge in [-0.2, -0.15) is 0 Å². The molecule has 35 heavy (non-hydrogen) atoms. The van der Waals surface area contributed by atoms with E-state index in [1.165, 1.54) is 23.3 Å². The molecule has 0 aliphatic heterocycles. The number of aliphatic carboxylic acids is 1. The molecule has 0 spiro atoms. The third kappa shape index (κ3) is 8.38. The molecule has 0 aliphatic rings. The molecule has 0 aliphatic carbocycles. The average molecular weight is 576 g/mol. The van der Waals surface area contributed by atoms with Crippen LogP contribution in [-0.2, 0) is 16.0 Å². The van der Waals surface area contributed by atoms with E-state index in [1.54, 1.807) is 0 Å². The number of carboxylic acids is 1. The van der Waals surface area contributed by atoms with E-state index in [2.05, 4.69) is 106 Å². The molecule has 5 N–H and O–H groups in total. The van der Waals surface area contributed by atoms with Crippen LogP contribution >= 0.6 is 0 Å². The van der Waals surface area contributed by atoms with Gasteiger partial charge in [-0.25, -0.2) is 9.78 Å². The number of carbonyl (C=O) groups excluding carboxylic acids is 1. The first-order valence-corrected chi connectivity index (χ1v) is 15.6. The summed E-state index contributed by atoms with van der Waals surface area (Å²) in [5.41, 5.74) is 5.85. The number of H-pyrrole nitrogens is 1. The number of hydrogen-bond donors (Lipinski definition) is 4. The summed E-state index contributed by atoms with van der Waals surface area (Å²) in [6.07, 6.45) is 3.26. The molecule has 1 aromatic heterocycles. The van der Waals surface area contributed by atoms with Crippen molar-refractivity contribution in [2.75, 3.05) is 6.54 Å². The summed E-state index contributed by atoms with van der Waals surface area (Å²) < 4.78 is 4.59. The van der Waals surface area contributed by atoms with Crippen molar-refractivity contribution in [2.45, 2.75) is 18.9 Å². The molecule has 3 aromatic carbocycles. The zero-order valence-corrected chi connectivity index (χ0v) is 22.2. The number of hydrogen-bond acceptors (Lipinski definition) is 4. The number of aromatic amines is 1. The number of amides is 1. The zero-order chi connectivity index (χ0) is 24.9. The first kappa shape index (κ1) is 26.2. The van der Waals surface area contributed by atoms with Gasteiger partial charge in [-0.1, -0.05) is 0 Å². The fourth-order valence-corrected chi connectivity index (χ4v) is 10.9. The fourth-order valence-electron chi connectivity index (χ4n) is 3.53. The van der Waals surface area contributed by atoms with E-state index in [1.807, 2.05) is 0 Å². The van der Waals surface area contributed by atoms with E-state index < -0.39 is 31.8 Å². The van der Waals surface area contributed by atoms with Crippen molar-refractivity contribution < 1.29 is 14.7 Å². The fraction of sp³-hybridized carbons (Fsp3) is 0.148. The Bertz CT molecular complexity index is 1060. The summed E-state index contributed by atoms with van der Waals surface area (Å²) in [6, 6.07) is 32.0. The minimum atomic E-state index is -1.98. The van der Waals surface area contributed by atoms with Crippen LogP contribution in [0.4, 0.5) is 0 Å². The summed E-state index contributed by atoms with van der Waals surface area (Å²) in [5, 5.41) is 11.3. The van der Waals surface area contributed by atoms with Gasteiger partial charge < -0.3 is 21.1 Å². The van der Waals surface area contributed by atoms with Crippen molar-refractivity contribution in [1.29, 1.82) is 0 Å². The van der Waals surface area contributed by atoms with Gasteiger partial charge in [-0.15, -0.1) is 0 Å². The molecule has 8 heteroatoms. The summed E-state index contributed by atoms with van der Waals surface area (Å²) in [7, 11) is 0. The topological polar surface area (TPSA) is 121 Å². The maximum atomic E-state index is 11.2. The van der Waals surface area contributed by atoms with E-state index >= 15 is 0 Å². The molecule has 1 amide bonds. The van der Waals surface area contributed by atoms with Crippen LogP contribution in [0.25, 0.3) is 0 Å². The second-order valence-corrected chi connectivity index (χ2v) is 14.8. The molecule has 0 saturated heterocycles. The van der Waals surface area contributed by atoms with Crippen LogP contribution in [0, 0.1) is 0 Å². The molecule has 0 bridgehead atoms. The van der Waals surface area contributed by atoms with Crippen molar-refractivity contribution in [3.05, 3.63) is 109 Å². The van der Waals surface area contributed by atoms with Crippen LogP contribution < -0.4 is 21.8 Å². The van der Waals surface area contributed by atoms with Crippen LogP contribution in [0.15, 0.2) is 104 Å². The molecule has 1 radical (unpaired) electrons. The van der Waals surface area contributed by atoms with Crippen molar-refractivity contribution in [2.24, 2.45) is 5.73 Å².